The number of thiol groups is 1. The number of imidazole rings is 4. The lowest BCUT2D eigenvalue weighted by atomic mass is 9.98. The zero-order valence-corrected chi connectivity index (χ0v) is 28.5. The van der Waals surface area contributed by atoms with Crippen LogP contribution in [0.2, 0.25) is 0 Å². The minimum atomic E-state index is -1.38. The van der Waals surface area contributed by atoms with Crippen LogP contribution in [0.3, 0.4) is 0 Å². The molecule has 0 saturated carbocycles. The molecule has 8 N–H and O–H groups in total. The molecule has 0 amide bonds. The summed E-state index contributed by atoms with van der Waals surface area (Å²) in [7, 11) is 0. The van der Waals surface area contributed by atoms with Crippen molar-refractivity contribution in [2.45, 2.75) is 42.6 Å². The summed E-state index contributed by atoms with van der Waals surface area (Å²) in [6, 6.07) is 32.0. The van der Waals surface area contributed by atoms with Crippen LogP contribution in [0.5, 0.6) is 0 Å². The molecule has 11 rings (SSSR count). The van der Waals surface area contributed by atoms with Crippen molar-refractivity contribution >= 4 is 56.8 Å². The number of rotatable bonds is 4. The van der Waals surface area contributed by atoms with Gasteiger partial charge in [0.05, 0.1) is 70.3 Å². The van der Waals surface area contributed by atoms with Crippen LogP contribution in [0.1, 0.15) is 23.3 Å². The molecule has 1 radical (unpaired) electrons. The molecular weight excluding hydrogens is 677 g/mol. The molecule has 52 heavy (non-hydrogen) atoms. The molecule has 17 heteroatoms. The van der Waals surface area contributed by atoms with Gasteiger partial charge in [-0.1, -0.05) is 48.5 Å². The molecule has 3 atom stereocenters. The van der Waals surface area contributed by atoms with Crippen LogP contribution in [0.15, 0.2) is 97.1 Å². The van der Waals surface area contributed by atoms with Crippen LogP contribution < -0.4 is 43.4 Å². The molecule has 3 aliphatic heterocycles. The summed E-state index contributed by atoms with van der Waals surface area (Å²) in [5.41, 5.74) is 30.7. The number of nitrogens with zero attached hydrogens (tertiary/aromatic N) is 8. The Morgan fingerprint density at radius 2 is 1.02 bits per heavy atom. The third-order valence-corrected chi connectivity index (χ3v) is 11.2. The predicted molar refractivity (Wildman–Crippen MR) is 201 cm³/mol. The summed E-state index contributed by atoms with van der Waals surface area (Å²) in [5.74, 6) is 0.232. The zero-order valence-electron chi connectivity index (χ0n) is 27.6. The number of hydrogen-bond donors (Lipinski definition) is 8. The Hall–Kier alpha value is -5.85. The third-order valence-electron chi connectivity index (χ3n) is 10.4. The Balaban J connectivity index is 1.17. The van der Waals surface area contributed by atoms with Gasteiger partial charge in [0.2, 0.25) is 11.6 Å². The van der Waals surface area contributed by atoms with Gasteiger partial charge in [-0.05, 0) is 48.5 Å². The molecule has 3 unspecified atom stereocenters. The number of fused-ring (bicyclic) bond motifs is 10. The first kappa shape index (κ1) is 29.8. The first-order valence-electron chi connectivity index (χ1n) is 17.1. The highest BCUT2D eigenvalue weighted by molar-refractivity contribution is 7.82. The Labute approximate surface area is 301 Å². The summed E-state index contributed by atoms with van der Waals surface area (Å²) >= 11 is 5.78. The molecule has 0 saturated heterocycles. The second-order valence-electron chi connectivity index (χ2n) is 13.3. The SMILES string of the molecule is [NH]Cc1nc2ccccc2n1NC1(C2(S)NCc3nc4ccccc4n3NC23NCc2nc4ccccc4n2N3)NCc2nc3ccccc3n2N1. The van der Waals surface area contributed by atoms with E-state index in [1.54, 1.807) is 0 Å². The quantitative estimate of drug-likeness (QED) is 0.126. The monoisotopic (exact) mass is 709 g/mol. The van der Waals surface area contributed by atoms with Gasteiger partial charge in [-0.2, -0.15) is 0 Å². The van der Waals surface area contributed by atoms with Crippen LogP contribution in [0.4, 0.5) is 0 Å². The fourth-order valence-corrected chi connectivity index (χ4v) is 8.35. The highest BCUT2D eigenvalue weighted by Gasteiger charge is 2.67. The van der Waals surface area contributed by atoms with Crippen molar-refractivity contribution in [3.05, 3.63) is 120 Å². The normalized spacial score (nSPS) is 23.9. The van der Waals surface area contributed by atoms with Crippen molar-refractivity contribution in [1.29, 1.82) is 0 Å². The maximum atomic E-state index is 8.53. The lowest BCUT2D eigenvalue weighted by Gasteiger charge is -2.59. The van der Waals surface area contributed by atoms with Crippen LogP contribution >= 0.6 is 12.6 Å². The minimum absolute atomic E-state index is 0.0599. The highest BCUT2D eigenvalue weighted by atomic mass is 32.1. The fraction of sp³-hybridized carbons (Fsp3) is 0.200. The first-order chi connectivity index (χ1) is 25.5. The van der Waals surface area contributed by atoms with E-state index in [0.29, 0.717) is 25.5 Å². The summed E-state index contributed by atoms with van der Waals surface area (Å²) in [4.78, 5) is 18.4. The van der Waals surface area contributed by atoms with Gasteiger partial charge in [0.1, 0.15) is 23.3 Å². The maximum Gasteiger partial charge on any atom is 0.226 e. The van der Waals surface area contributed by atoms with Crippen molar-refractivity contribution < 1.29 is 0 Å². The first-order valence-corrected chi connectivity index (χ1v) is 17.5. The number of para-hydroxylation sites is 8. The molecule has 8 aromatic rings. The summed E-state index contributed by atoms with van der Waals surface area (Å²) in [6.07, 6.45) is 0. The Bertz CT molecular complexity index is 2710. The van der Waals surface area contributed by atoms with E-state index >= 15 is 0 Å². The van der Waals surface area contributed by atoms with Crippen molar-refractivity contribution in [1.82, 2.24) is 60.3 Å². The summed E-state index contributed by atoms with van der Waals surface area (Å²) in [5, 5.41) is 11.4. The number of aromatic nitrogens is 8. The molecule has 3 aliphatic rings. The Morgan fingerprint density at radius 1 is 0.577 bits per heavy atom. The second kappa shape index (κ2) is 10.6. The van der Waals surface area contributed by atoms with Gasteiger partial charge in [-0.15, -0.1) is 12.6 Å². The molecule has 4 aromatic heterocycles. The molecule has 4 aromatic carbocycles. The highest BCUT2D eigenvalue weighted by Crippen LogP contribution is 2.41. The largest absolute Gasteiger partial charge is 0.286 e. The van der Waals surface area contributed by atoms with Crippen molar-refractivity contribution in [2.75, 3.05) is 21.7 Å². The lowest BCUT2D eigenvalue weighted by Crippen LogP contribution is -2.90. The van der Waals surface area contributed by atoms with Crippen LogP contribution in [-0.4, -0.2) is 55.1 Å². The molecule has 0 aliphatic carbocycles. The smallest absolute Gasteiger partial charge is 0.226 e. The molecule has 7 heterocycles. The zero-order chi connectivity index (χ0) is 34.7. The molecule has 259 valence electrons. The van der Waals surface area contributed by atoms with Crippen molar-refractivity contribution in [2.24, 2.45) is 0 Å². The van der Waals surface area contributed by atoms with E-state index in [1.165, 1.54) is 0 Å². The van der Waals surface area contributed by atoms with Gasteiger partial charge in [-0.25, -0.2) is 44.4 Å². The lowest BCUT2D eigenvalue weighted by molar-refractivity contribution is 0.113. The topological polar surface area (TPSA) is 179 Å². The minimum Gasteiger partial charge on any atom is -0.286 e. The number of hydrogen-bond acceptors (Lipinski definition) is 12. The van der Waals surface area contributed by atoms with Gasteiger partial charge in [0.25, 0.3) is 0 Å². The molecule has 0 bridgehead atoms. The van der Waals surface area contributed by atoms with Gasteiger partial charge in [0.15, 0.2) is 4.87 Å². The molecule has 1 spiro atoms. The van der Waals surface area contributed by atoms with E-state index in [9.17, 15) is 0 Å². The van der Waals surface area contributed by atoms with E-state index in [2.05, 4.69) is 37.7 Å². The third kappa shape index (κ3) is 3.96. The van der Waals surface area contributed by atoms with E-state index in [1.807, 2.05) is 116 Å². The Morgan fingerprint density at radius 3 is 1.56 bits per heavy atom. The Kier molecular flexibility index (Phi) is 6.08. The van der Waals surface area contributed by atoms with Crippen LogP contribution in [0.25, 0.3) is 44.1 Å². The molecular formula is C35H33N16S. The standard InChI is InChI=1S/C35H33N16S/c36-17-29-40-21-9-1-5-13-25(21)48(29)44-34(38-19-31-42-23-11-3-7-15-27(23)50(31)45-34)33(52)35(39-20-32-43-24-12-4-8-16-28(24)51(32)47-35)46-49-26-14-6-2-10-22(26)41-30(49)18-37-33/h1-16,36-39,44-47,52H,17-20H2. The number of benzene rings is 4. The van der Waals surface area contributed by atoms with Gasteiger partial charge in [-0.3, -0.25) is 37.7 Å². The maximum absolute atomic E-state index is 8.53. The fourth-order valence-electron chi connectivity index (χ4n) is 7.91. The van der Waals surface area contributed by atoms with Gasteiger partial charge < -0.3 is 0 Å². The average molecular weight is 710 g/mol. The van der Waals surface area contributed by atoms with E-state index < -0.39 is 16.4 Å². The van der Waals surface area contributed by atoms with E-state index in [4.69, 9.17) is 38.3 Å². The van der Waals surface area contributed by atoms with Crippen molar-refractivity contribution in [3.63, 3.8) is 0 Å². The van der Waals surface area contributed by atoms with Crippen LogP contribution in [-0.2, 0) is 26.2 Å². The second-order valence-corrected chi connectivity index (χ2v) is 14.0. The van der Waals surface area contributed by atoms with Gasteiger partial charge in [0, 0.05) is 0 Å². The van der Waals surface area contributed by atoms with Crippen LogP contribution in [0, 0.1) is 0 Å². The van der Waals surface area contributed by atoms with Gasteiger partial charge >= 0.3 is 0 Å². The predicted octanol–water partition coefficient (Wildman–Crippen LogP) is 2.39. The van der Waals surface area contributed by atoms with E-state index in [0.717, 1.165) is 61.6 Å². The number of nitrogens with one attached hydrogen (secondary N) is 8. The van der Waals surface area contributed by atoms with Crippen molar-refractivity contribution in [3.8, 4) is 0 Å². The molecule has 0 fully saturated rings. The van der Waals surface area contributed by atoms with E-state index in [-0.39, 0.29) is 6.54 Å². The molecule has 16 nitrogen and oxygen atoms in total. The summed E-state index contributed by atoms with van der Waals surface area (Å²) in [6.45, 7) is 1.02. The summed E-state index contributed by atoms with van der Waals surface area (Å²) < 4.78 is 7.91. The average Bonchev–Trinajstić information content (AvgIpc) is 3.92.